The molecule has 0 saturated carbocycles. The van der Waals surface area contributed by atoms with E-state index in [9.17, 15) is 46.5 Å². The summed E-state index contributed by atoms with van der Waals surface area (Å²) < 4.78 is 79.4. The monoisotopic (exact) mass is 520 g/mol. The molecule has 186 valence electrons. The average molecular weight is 520 g/mol. The number of carbonyl (C=O) groups excluding carboxylic acids is 2. The molecule has 0 atom stereocenters. The Labute approximate surface area is 210 Å². The number of hydrogen-bond acceptors (Lipinski definition) is 4. The van der Waals surface area contributed by atoms with Gasteiger partial charge in [-0.25, -0.2) is 0 Å². The van der Waals surface area contributed by atoms with E-state index in [0.29, 0.717) is 12.1 Å². The number of halogens is 6. The van der Waals surface area contributed by atoms with Crippen molar-refractivity contribution in [2.75, 3.05) is 0 Å². The second-order valence-corrected chi connectivity index (χ2v) is 8.48. The number of hydrogen-bond donors (Lipinski definition) is 0. The highest BCUT2D eigenvalue weighted by Crippen LogP contribution is 2.44. The van der Waals surface area contributed by atoms with Crippen molar-refractivity contribution in [3.05, 3.63) is 105 Å². The molecule has 3 aromatic carbocycles. The third kappa shape index (κ3) is 3.70. The first kappa shape index (κ1) is 24.7. The molecule has 4 nitrogen and oxygen atoms in total. The molecule has 2 aliphatic carbocycles. The minimum Gasteiger partial charge on any atom is -0.289 e. The molecule has 0 bridgehead atoms. The fourth-order valence-corrected chi connectivity index (χ4v) is 4.63. The van der Waals surface area contributed by atoms with Crippen LogP contribution in [0.5, 0.6) is 0 Å². The molecule has 0 radical (unpaired) electrons. The maximum absolute atomic E-state index is 13.2. The van der Waals surface area contributed by atoms with Gasteiger partial charge in [-0.3, -0.25) is 9.59 Å². The van der Waals surface area contributed by atoms with Crippen molar-refractivity contribution in [1.82, 2.24) is 0 Å². The lowest BCUT2D eigenvalue weighted by Crippen LogP contribution is -2.06. The summed E-state index contributed by atoms with van der Waals surface area (Å²) in [5.74, 6) is -1.40. The van der Waals surface area contributed by atoms with Crippen LogP contribution in [0.2, 0.25) is 0 Å². The lowest BCUT2D eigenvalue weighted by Gasteiger charge is -2.08. The average Bonchev–Trinajstić information content (AvgIpc) is 3.32. The van der Waals surface area contributed by atoms with Crippen LogP contribution >= 0.6 is 0 Å². The molecule has 2 aliphatic rings. The first-order valence-electron chi connectivity index (χ1n) is 10.8. The zero-order chi connectivity index (χ0) is 27.6. The van der Waals surface area contributed by atoms with Crippen molar-refractivity contribution < 1.29 is 35.9 Å². The Balaban J connectivity index is 1.66. The molecule has 38 heavy (non-hydrogen) atoms. The van der Waals surface area contributed by atoms with Crippen LogP contribution in [0.25, 0.3) is 22.3 Å². The number of rotatable bonds is 2. The van der Waals surface area contributed by atoms with Crippen LogP contribution in [0.4, 0.5) is 26.3 Å². The summed E-state index contributed by atoms with van der Waals surface area (Å²) in [4.78, 5) is 26.3. The van der Waals surface area contributed by atoms with Crippen molar-refractivity contribution in [3.8, 4) is 12.1 Å². The maximum Gasteiger partial charge on any atom is 0.416 e. The van der Waals surface area contributed by atoms with Gasteiger partial charge in [-0.05, 0) is 53.6 Å². The molecule has 0 saturated heterocycles. The maximum atomic E-state index is 13.2. The SMILES string of the molecule is N#CC1=C(c2cccc(C3=C(C#N)c4cc(C(F)(F)F)ccc4C3=O)c2)C(=O)c2ccc(C(F)(F)F)cc21. The van der Waals surface area contributed by atoms with E-state index in [1.165, 1.54) is 24.3 Å². The largest absolute Gasteiger partial charge is 0.416 e. The van der Waals surface area contributed by atoms with E-state index in [1.807, 2.05) is 0 Å². The third-order valence-corrected chi connectivity index (χ3v) is 6.34. The number of benzene rings is 3. The van der Waals surface area contributed by atoms with Gasteiger partial charge in [0.15, 0.2) is 11.6 Å². The normalized spacial score (nSPS) is 14.9. The number of nitriles is 2. The molecule has 0 N–H and O–H groups in total. The summed E-state index contributed by atoms with van der Waals surface area (Å²) in [6.07, 6.45) is -9.41. The number of nitrogens with zero attached hydrogens (tertiary/aromatic N) is 2. The second-order valence-electron chi connectivity index (χ2n) is 8.48. The summed E-state index contributed by atoms with van der Waals surface area (Å²) in [5.41, 5.74) is -3.43. The third-order valence-electron chi connectivity index (χ3n) is 6.34. The van der Waals surface area contributed by atoms with Crippen molar-refractivity contribution >= 4 is 33.9 Å². The summed E-state index contributed by atoms with van der Waals surface area (Å²) in [6.45, 7) is 0. The zero-order valence-corrected chi connectivity index (χ0v) is 18.8. The van der Waals surface area contributed by atoms with Gasteiger partial charge in [-0.2, -0.15) is 36.9 Å². The highest BCUT2D eigenvalue weighted by atomic mass is 19.4. The molecular weight excluding hydrogens is 510 g/mol. The van der Waals surface area contributed by atoms with Gasteiger partial charge in [-0.1, -0.05) is 18.2 Å². The summed E-state index contributed by atoms with van der Waals surface area (Å²) in [5, 5.41) is 19.5. The minimum atomic E-state index is -4.70. The van der Waals surface area contributed by atoms with Gasteiger partial charge in [-0.15, -0.1) is 0 Å². The van der Waals surface area contributed by atoms with Gasteiger partial charge in [0.05, 0.1) is 22.3 Å². The first-order chi connectivity index (χ1) is 17.9. The Morgan fingerprint density at radius 3 is 1.29 bits per heavy atom. The smallest absolute Gasteiger partial charge is 0.289 e. The topological polar surface area (TPSA) is 81.7 Å². The van der Waals surface area contributed by atoms with Crippen LogP contribution < -0.4 is 0 Å². The van der Waals surface area contributed by atoms with Gasteiger partial charge in [0.1, 0.15) is 12.1 Å². The molecule has 0 spiro atoms. The minimum absolute atomic E-state index is 0.0957. The molecule has 0 fully saturated rings. The predicted molar refractivity (Wildman–Crippen MR) is 123 cm³/mol. The molecule has 0 unspecified atom stereocenters. The quantitative estimate of drug-likeness (QED) is 0.341. The van der Waals surface area contributed by atoms with Crippen LogP contribution in [0.3, 0.4) is 0 Å². The van der Waals surface area contributed by atoms with E-state index < -0.39 is 35.0 Å². The van der Waals surface area contributed by atoms with E-state index in [1.54, 1.807) is 12.1 Å². The van der Waals surface area contributed by atoms with E-state index in [2.05, 4.69) is 0 Å². The van der Waals surface area contributed by atoms with Crippen molar-refractivity contribution in [2.45, 2.75) is 12.4 Å². The Morgan fingerprint density at radius 1 is 0.553 bits per heavy atom. The van der Waals surface area contributed by atoms with Gasteiger partial charge < -0.3 is 0 Å². The van der Waals surface area contributed by atoms with Gasteiger partial charge >= 0.3 is 12.4 Å². The Bertz CT molecular complexity index is 1620. The van der Waals surface area contributed by atoms with Crippen molar-refractivity contribution in [2.24, 2.45) is 0 Å². The lowest BCUT2D eigenvalue weighted by atomic mass is 9.93. The summed E-state index contributed by atoms with van der Waals surface area (Å²) in [7, 11) is 0. The Morgan fingerprint density at radius 2 is 0.947 bits per heavy atom. The number of alkyl halides is 6. The van der Waals surface area contributed by atoms with Crippen LogP contribution in [0.15, 0.2) is 60.7 Å². The summed E-state index contributed by atoms with van der Waals surface area (Å²) >= 11 is 0. The molecule has 0 aromatic heterocycles. The fraction of sp³-hybridized carbons (Fsp3) is 0.0714. The molecular formula is C28H10F6N2O2. The van der Waals surface area contributed by atoms with Crippen molar-refractivity contribution in [1.29, 1.82) is 10.5 Å². The van der Waals surface area contributed by atoms with Crippen molar-refractivity contribution in [3.63, 3.8) is 0 Å². The molecule has 10 heteroatoms. The van der Waals surface area contributed by atoms with E-state index in [-0.39, 0.29) is 55.7 Å². The van der Waals surface area contributed by atoms with Gasteiger partial charge in [0, 0.05) is 33.4 Å². The van der Waals surface area contributed by atoms with Crippen LogP contribution in [0, 0.1) is 22.7 Å². The summed E-state index contributed by atoms with van der Waals surface area (Å²) in [6, 6.07) is 14.0. The second kappa shape index (κ2) is 8.29. The number of fused-ring (bicyclic) bond motifs is 2. The highest BCUT2D eigenvalue weighted by Gasteiger charge is 2.38. The number of ketones is 2. The first-order valence-corrected chi connectivity index (χ1v) is 10.8. The Kier molecular flexibility index (Phi) is 5.39. The zero-order valence-electron chi connectivity index (χ0n) is 18.8. The Hall–Kier alpha value is -4.96. The lowest BCUT2D eigenvalue weighted by molar-refractivity contribution is -0.138. The number of Topliss-reactive ketones (excluding diaryl/α,β-unsaturated/α-hetero) is 2. The molecule has 5 rings (SSSR count). The molecule has 3 aromatic rings. The standard InChI is InChI=1S/C28H10F6N2O2/c29-27(30,31)15-4-6-17-19(9-15)21(11-35)23(25(17)37)13-2-1-3-14(8-13)24-22(12-36)20-10-16(28(32,33)34)5-7-18(20)26(24)38/h1-10H. The van der Waals surface area contributed by atoms with Crippen LogP contribution in [-0.2, 0) is 12.4 Å². The van der Waals surface area contributed by atoms with Gasteiger partial charge in [0.25, 0.3) is 0 Å². The number of allylic oxidation sites excluding steroid dienone is 4. The molecule has 0 heterocycles. The van der Waals surface area contributed by atoms with Crippen LogP contribution in [0.1, 0.15) is 54.1 Å². The molecule has 0 amide bonds. The fourth-order valence-electron chi connectivity index (χ4n) is 4.63. The highest BCUT2D eigenvalue weighted by molar-refractivity contribution is 6.43. The predicted octanol–water partition coefficient (Wildman–Crippen LogP) is 6.99. The van der Waals surface area contributed by atoms with Gasteiger partial charge in [0.2, 0.25) is 0 Å². The van der Waals surface area contributed by atoms with E-state index in [4.69, 9.17) is 0 Å². The van der Waals surface area contributed by atoms with E-state index in [0.717, 1.165) is 24.3 Å². The van der Waals surface area contributed by atoms with E-state index >= 15 is 0 Å². The molecule has 0 aliphatic heterocycles. The van der Waals surface area contributed by atoms with Crippen LogP contribution in [-0.4, -0.2) is 11.6 Å². The number of carbonyl (C=O) groups is 2.